The number of aromatic nitrogens is 1. The first-order chi connectivity index (χ1) is 13.6. The largest absolute Gasteiger partial charge is 0.274 e. The molecule has 4 rings (SSSR count). The van der Waals surface area contributed by atoms with Crippen LogP contribution in [0, 0.1) is 10.1 Å². The van der Waals surface area contributed by atoms with E-state index < -0.39 is 4.92 Å². The van der Waals surface area contributed by atoms with E-state index in [2.05, 4.69) is 10.1 Å². The Morgan fingerprint density at radius 3 is 2.43 bits per heavy atom. The molecule has 1 atom stereocenters. The minimum absolute atomic E-state index is 0.0170. The van der Waals surface area contributed by atoms with Crippen LogP contribution in [0.5, 0.6) is 0 Å². The number of non-ortho nitro benzene ring substituents is 1. The van der Waals surface area contributed by atoms with Crippen LogP contribution in [-0.4, -0.2) is 26.5 Å². The van der Waals surface area contributed by atoms with Crippen molar-refractivity contribution in [2.75, 3.05) is 0 Å². The summed E-state index contributed by atoms with van der Waals surface area (Å²) in [5.74, 6) is -0.202. The maximum absolute atomic E-state index is 13.1. The Hall–Kier alpha value is -3.87. The Labute approximate surface area is 161 Å². The van der Waals surface area contributed by atoms with Gasteiger partial charge in [-0.25, -0.2) is 5.01 Å². The second-order valence-corrected chi connectivity index (χ2v) is 6.37. The van der Waals surface area contributed by atoms with E-state index in [1.807, 2.05) is 30.3 Å². The van der Waals surface area contributed by atoms with E-state index in [0.717, 1.165) is 11.1 Å². The maximum Gasteiger partial charge on any atom is 0.274 e. The van der Waals surface area contributed by atoms with Crippen LogP contribution in [0.4, 0.5) is 5.69 Å². The summed E-state index contributed by atoms with van der Waals surface area (Å²) >= 11 is 0. The standard InChI is InChI=1S/C21H16N4O3/c26-21(16-5-2-1-3-6-16)24-20(17-7-4-12-22-14-17)13-19(23-24)15-8-10-18(11-9-15)25(27)28/h1-12,14,20H,13H2. The van der Waals surface area contributed by atoms with Gasteiger partial charge in [-0.2, -0.15) is 5.10 Å². The summed E-state index contributed by atoms with van der Waals surface area (Å²) in [6.07, 6.45) is 3.91. The van der Waals surface area contributed by atoms with Crippen LogP contribution in [0.15, 0.2) is 84.2 Å². The van der Waals surface area contributed by atoms with Gasteiger partial charge in [0.2, 0.25) is 0 Å². The van der Waals surface area contributed by atoms with Crippen molar-refractivity contribution in [2.45, 2.75) is 12.5 Å². The van der Waals surface area contributed by atoms with E-state index in [9.17, 15) is 14.9 Å². The molecule has 0 saturated carbocycles. The van der Waals surface area contributed by atoms with E-state index in [0.29, 0.717) is 17.7 Å². The lowest BCUT2D eigenvalue weighted by Gasteiger charge is -2.21. The van der Waals surface area contributed by atoms with Crippen molar-refractivity contribution >= 4 is 17.3 Å². The molecule has 28 heavy (non-hydrogen) atoms. The van der Waals surface area contributed by atoms with E-state index in [1.54, 1.807) is 36.7 Å². The minimum atomic E-state index is -0.441. The molecule has 0 fully saturated rings. The first kappa shape index (κ1) is 17.5. The molecular weight excluding hydrogens is 356 g/mol. The number of hydrazone groups is 1. The fourth-order valence-electron chi connectivity index (χ4n) is 3.19. The second kappa shape index (κ2) is 7.40. The van der Waals surface area contributed by atoms with Gasteiger partial charge >= 0.3 is 0 Å². The average Bonchev–Trinajstić information content (AvgIpc) is 3.20. The van der Waals surface area contributed by atoms with Crippen molar-refractivity contribution in [1.82, 2.24) is 9.99 Å². The summed E-state index contributed by atoms with van der Waals surface area (Å²) in [4.78, 5) is 27.7. The first-order valence-corrected chi connectivity index (χ1v) is 8.74. The second-order valence-electron chi connectivity index (χ2n) is 6.37. The Bertz CT molecular complexity index is 1030. The quantitative estimate of drug-likeness (QED) is 0.512. The third-order valence-corrected chi connectivity index (χ3v) is 4.62. The van der Waals surface area contributed by atoms with Crippen molar-refractivity contribution in [1.29, 1.82) is 0 Å². The summed E-state index contributed by atoms with van der Waals surface area (Å²) in [5.41, 5.74) is 2.90. The van der Waals surface area contributed by atoms with Crippen LogP contribution in [0.2, 0.25) is 0 Å². The summed E-state index contributed by atoms with van der Waals surface area (Å²) < 4.78 is 0. The van der Waals surface area contributed by atoms with Gasteiger partial charge in [-0.05, 0) is 41.5 Å². The number of nitro groups is 1. The SMILES string of the molecule is O=C(c1ccccc1)N1N=C(c2ccc([N+](=O)[O-])cc2)CC1c1cccnc1. The molecule has 0 spiro atoms. The molecule has 1 amide bonds. The highest BCUT2D eigenvalue weighted by Gasteiger charge is 2.33. The Balaban J connectivity index is 1.70. The molecular formula is C21H16N4O3. The van der Waals surface area contributed by atoms with Crippen molar-refractivity contribution in [2.24, 2.45) is 5.10 Å². The van der Waals surface area contributed by atoms with Gasteiger partial charge < -0.3 is 0 Å². The third-order valence-electron chi connectivity index (χ3n) is 4.62. The monoisotopic (exact) mass is 372 g/mol. The van der Waals surface area contributed by atoms with Crippen LogP contribution in [0.25, 0.3) is 0 Å². The van der Waals surface area contributed by atoms with Crippen LogP contribution in [-0.2, 0) is 0 Å². The van der Waals surface area contributed by atoms with Gasteiger partial charge in [0.1, 0.15) is 0 Å². The number of amides is 1. The van der Waals surface area contributed by atoms with E-state index in [4.69, 9.17) is 0 Å². The number of benzene rings is 2. The Morgan fingerprint density at radius 1 is 1.04 bits per heavy atom. The molecule has 1 unspecified atom stereocenters. The number of hydrogen-bond acceptors (Lipinski definition) is 5. The number of carbonyl (C=O) groups excluding carboxylic acids is 1. The summed E-state index contributed by atoms with van der Waals surface area (Å²) in [6, 6.07) is 18.6. The predicted octanol–water partition coefficient (Wildman–Crippen LogP) is 3.98. The predicted molar refractivity (Wildman–Crippen MR) is 104 cm³/mol. The molecule has 0 radical (unpaired) electrons. The van der Waals surface area contributed by atoms with Crippen molar-refractivity contribution in [3.8, 4) is 0 Å². The highest BCUT2D eigenvalue weighted by molar-refractivity contribution is 6.05. The minimum Gasteiger partial charge on any atom is -0.267 e. The number of rotatable bonds is 4. The normalized spacial score (nSPS) is 15.9. The molecule has 0 N–H and O–H groups in total. The third kappa shape index (κ3) is 3.37. The van der Waals surface area contributed by atoms with Crippen LogP contribution < -0.4 is 0 Å². The topological polar surface area (TPSA) is 88.7 Å². The van der Waals surface area contributed by atoms with Gasteiger partial charge in [0.25, 0.3) is 11.6 Å². The van der Waals surface area contributed by atoms with Gasteiger partial charge in [0.05, 0.1) is 16.7 Å². The fourth-order valence-corrected chi connectivity index (χ4v) is 3.19. The highest BCUT2D eigenvalue weighted by atomic mass is 16.6. The van der Waals surface area contributed by atoms with Gasteiger partial charge in [0, 0.05) is 36.5 Å². The molecule has 2 heterocycles. The van der Waals surface area contributed by atoms with Crippen molar-refractivity contribution in [3.63, 3.8) is 0 Å². The molecule has 0 saturated heterocycles. The smallest absolute Gasteiger partial charge is 0.267 e. The van der Waals surface area contributed by atoms with Crippen molar-refractivity contribution < 1.29 is 9.72 Å². The van der Waals surface area contributed by atoms with Crippen LogP contribution in [0.1, 0.15) is 33.9 Å². The van der Waals surface area contributed by atoms with Crippen LogP contribution in [0.3, 0.4) is 0 Å². The van der Waals surface area contributed by atoms with Gasteiger partial charge in [-0.3, -0.25) is 19.9 Å². The molecule has 1 aliphatic heterocycles. The molecule has 7 heteroatoms. The number of pyridine rings is 1. The van der Waals surface area contributed by atoms with Gasteiger partial charge in [-0.1, -0.05) is 24.3 Å². The Morgan fingerprint density at radius 2 is 1.79 bits per heavy atom. The first-order valence-electron chi connectivity index (χ1n) is 8.74. The van der Waals surface area contributed by atoms with E-state index in [1.165, 1.54) is 17.1 Å². The maximum atomic E-state index is 13.1. The number of carbonyl (C=O) groups is 1. The lowest BCUT2D eigenvalue weighted by Crippen LogP contribution is -2.27. The molecule has 0 aliphatic carbocycles. The number of nitro benzene ring substituents is 1. The summed E-state index contributed by atoms with van der Waals surface area (Å²) in [6.45, 7) is 0. The molecule has 138 valence electrons. The average molecular weight is 372 g/mol. The summed E-state index contributed by atoms with van der Waals surface area (Å²) in [5, 5.41) is 16.9. The van der Waals surface area contributed by atoms with Gasteiger partial charge in [-0.15, -0.1) is 0 Å². The van der Waals surface area contributed by atoms with E-state index in [-0.39, 0.29) is 17.6 Å². The molecule has 2 aromatic carbocycles. The highest BCUT2D eigenvalue weighted by Crippen LogP contribution is 2.33. The molecule has 1 aromatic heterocycles. The summed E-state index contributed by atoms with van der Waals surface area (Å²) in [7, 11) is 0. The zero-order valence-corrected chi connectivity index (χ0v) is 14.8. The zero-order valence-electron chi connectivity index (χ0n) is 14.8. The number of hydrogen-bond donors (Lipinski definition) is 0. The zero-order chi connectivity index (χ0) is 19.5. The molecule has 1 aliphatic rings. The fraction of sp³-hybridized carbons (Fsp3) is 0.0952. The molecule has 0 bridgehead atoms. The van der Waals surface area contributed by atoms with Crippen LogP contribution >= 0.6 is 0 Å². The lowest BCUT2D eigenvalue weighted by atomic mass is 9.99. The van der Waals surface area contributed by atoms with E-state index >= 15 is 0 Å². The lowest BCUT2D eigenvalue weighted by molar-refractivity contribution is -0.384. The molecule has 7 nitrogen and oxygen atoms in total. The molecule has 3 aromatic rings. The number of nitrogens with zero attached hydrogens (tertiary/aromatic N) is 4. The Kier molecular flexibility index (Phi) is 4.63. The van der Waals surface area contributed by atoms with Crippen molar-refractivity contribution in [3.05, 3.63) is 106 Å². The van der Waals surface area contributed by atoms with Gasteiger partial charge in [0.15, 0.2) is 0 Å².